The summed E-state index contributed by atoms with van der Waals surface area (Å²) in [6.45, 7) is 4.84. The molecule has 0 unspecified atom stereocenters. The summed E-state index contributed by atoms with van der Waals surface area (Å²) in [7, 11) is 0. The molecule has 0 radical (unpaired) electrons. The van der Waals surface area contributed by atoms with Gasteiger partial charge in [0.15, 0.2) is 5.78 Å². The molecule has 0 spiro atoms. The Kier molecular flexibility index (Phi) is 6.76. The molecule has 33 heavy (non-hydrogen) atoms. The first kappa shape index (κ1) is 23.3. The fraction of sp³-hybridized carbons (Fsp3) is 0.391. The van der Waals surface area contributed by atoms with Crippen molar-refractivity contribution in [3.05, 3.63) is 58.6 Å². The number of carbonyl (C=O) groups excluding carboxylic acids is 1. The maximum atomic E-state index is 13.1. The molecule has 1 aromatic carbocycles. The van der Waals surface area contributed by atoms with Crippen LogP contribution in [0.25, 0.3) is 10.6 Å². The first-order valence-electron chi connectivity index (χ1n) is 10.4. The van der Waals surface area contributed by atoms with Crippen LogP contribution in [0.5, 0.6) is 5.75 Å². The lowest BCUT2D eigenvalue weighted by Crippen LogP contribution is -2.16. The Labute approximate surface area is 192 Å². The van der Waals surface area contributed by atoms with Gasteiger partial charge in [0, 0.05) is 47.4 Å². The van der Waals surface area contributed by atoms with Crippen LogP contribution in [0.2, 0.25) is 0 Å². The van der Waals surface area contributed by atoms with E-state index in [2.05, 4.69) is 15.0 Å². The molecule has 0 amide bonds. The summed E-state index contributed by atoms with van der Waals surface area (Å²) >= 11 is 1.52. The highest BCUT2D eigenvalue weighted by Crippen LogP contribution is 2.32. The maximum Gasteiger partial charge on any atom is 0.451 e. The van der Waals surface area contributed by atoms with Crippen LogP contribution in [-0.2, 0) is 10.9 Å². The summed E-state index contributed by atoms with van der Waals surface area (Å²) in [4.78, 5) is 25.4. The summed E-state index contributed by atoms with van der Waals surface area (Å²) < 4.78 is 49.5. The molecule has 0 aliphatic carbocycles. The lowest BCUT2D eigenvalue weighted by Gasteiger charge is -2.15. The van der Waals surface area contributed by atoms with Crippen LogP contribution in [0, 0.1) is 6.92 Å². The van der Waals surface area contributed by atoms with Crippen LogP contribution in [0.3, 0.4) is 0 Å². The molecule has 3 aromatic rings. The van der Waals surface area contributed by atoms with Crippen LogP contribution < -0.4 is 4.74 Å². The van der Waals surface area contributed by atoms with Gasteiger partial charge in [-0.1, -0.05) is 6.92 Å². The Hall–Kier alpha value is -2.85. The summed E-state index contributed by atoms with van der Waals surface area (Å²) in [6, 6.07) is 5.33. The number of benzene rings is 1. The molecule has 1 saturated heterocycles. The molecule has 0 bridgehead atoms. The fourth-order valence-corrected chi connectivity index (χ4v) is 4.24. The van der Waals surface area contributed by atoms with Crippen LogP contribution in [0.15, 0.2) is 36.8 Å². The second-order valence-corrected chi connectivity index (χ2v) is 9.23. The van der Waals surface area contributed by atoms with Crippen molar-refractivity contribution in [3.63, 3.8) is 0 Å². The zero-order valence-corrected chi connectivity index (χ0v) is 18.9. The van der Waals surface area contributed by atoms with Crippen molar-refractivity contribution in [2.75, 3.05) is 13.2 Å². The summed E-state index contributed by atoms with van der Waals surface area (Å²) in [5, 5.41) is 0.777. The molecule has 0 N–H and O–H groups in total. The average Bonchev–Trinajstić information content (AvgIpc) is 3.44. The van der Waals surface area contributed by atoms with E-state index in [-0.39, 0.29) is 24.2 Å². The number of carbonyl (C=O) groups is 1. The number of aryl methyl sites for hydroxylation is 1. The average molecular weight is 478 g/mol. The molecule has 2 aromatic heterocycles. The van der Waals surface area contributed by atoms with E-state index in [1.54, 1.807) is 25.3 Å². The lowest BCUT2D eigenvalue weighted by molar-refractivity contribution is -0.145. The van der Waals surface area contributed by atoms with Crippen molar-refractivity contribution in [1.29, 1.82) is 0 Å². The quantitative estimate of drug-likeness (QED) is 0.420. The minimum Gasteiger partial charge on any atom is -0.488 e. The first-order chi connectivity index (χ1) is 15.7. The largest absolute Gasteiger partial charge is 0.488 e. The molecule has 4 rings (SSSR count). The van der Waals surface area contributed by atoms with Gasteiger partial charge in [-0.2, -0.15) is 13.2 Å². The fourth-order valence-electron chi connectivity index (χ4n) is 3.49. The second kappa shape index (κ2) is 9.56. The van der Waals surface area contributed by atoms with E-state index in [1.165, 1.54) is 11.3 Å². The molecule has 174 valence electrons. The molecule has 10 heteroatoms. The Morgan fingerprint density at radius 1 is 1.21 bits per heavy atom. The zero-order chi connectivity index (χ0) is 23.6. The van der Waals surface area contributed by atoms with Crippen molar-refractivity contribution >= 4 is 17.1 Å². The van der Waals surface area contributed by atoms with Gasteiger partial charge in [-0.15, -0.1) is 11.3 Å². The number of ketones is 1. The van der Waals surface area contributed by atoms with E-state index in [0.29, 0.717) is 30.1 Å². The molecular weight excluding hydrogens is 455 g/mol. The number of Topliss-reactive ketones (excluding diaryl/α,β-unsaturated/α-hetero) is 1. The normalized spacial score (nSPS) is 17.2. The zero-order valence-electron chi connectivity index (χ0n) is 18.1. The van der Waals surface area contributed by atoms with E-state index in [9.17, 15) is 18.0 Å². The van der Waals surface area contributed by atoms with Gasteiger partial charge in [0.05, 0.1) is 13.2 Å². The number of thiazole rings is 1. The van der Waals surface area contributed by atoms with Crippen LogP contribution >= 0.6 is 11.3 Å². The highest BCUT2D eigenvalue weighted by Gasteiger charge is 2.34. The van der Waals surface area contributed by atoms with E-state index < -0.39 is 12.0 Å². The molecule has 2 atom stereocenters. The summed E-state index contributed by atoms with van der Waals surface area (Å²) in [5.74, 6) is -1.16. The SMILES string of the molecule is Cc1cnc(-c2cc(O[C@@H]3CCOC3)cc(C(=O)C[C@H](C)c3cnc(C(F)(F)F)nc3)c2)s1. The summed E-state index contributed by atoms with van der Waals surface area (Å²) in [5.41, 5.74) is 1.69. The topological polar surface area (TPSA) is 74.2 Å². The van der Waals surface area contributed by atoms with Gasteiger partial charge in [-0.3, -0.25) is 4.79 Å². The predicted molar refractivity (Wildman–Crippen MR) is 117 cm³/mol. The predicted octanol–water partition coefficient (Wildman–Crippen LogP) is 5.47. The van der Waals surface area contributed by atoms with E-state index >= 15 is 0 Å². The van der Waals surface area contributed by atoms with Gasteiger partial charge in [0.2, 0.25) is 5.82 Å². The highest BCUT2D eigenvalue weighted by molar-refractivity contribution is 7.14. The van der Waals surface area contributed by atoms with Gasteiger partial charge in [0.25, 0.3) is 0 Å². The maximum absolute atomic E-state index is 13.1. The van der Waals surface area contributed by atoms with E-state index in [0.717, 1.165) is 34.3 Å². The number of aromatic nitrogens is 3. The minimum atomic E-state index is -4.60. The third-order valence-electron chi connectivity index (χ3n) is 5.27. The van der Waals surface area contributed by atoms with E-state index in [1.807, 2.05) is 13.0 Å². The van der Waals surface area contributed by atoms with Crippen molar-refractivity contribution in [1.82, 2.24) is 15.0 Å². The van der Waals surface area contributed by atoms with Crippen LogP contribution in [-0.4, -0.2) is 40.1 Å². The number of hydrogen-bond donors (Lipinski definition) is 0. The molecule has 0 saturated carbocycles. The highest BCUT2D eigenvalue weighted by atomic mass is 32.1. The lowest BCUT2D eigenvalue weighted by atomic mass is 9.94. The van der Waals surface area contributed by atoms with Crippen molar-refractivity contribution in [2.45, 2.75) is 44.9 Å². The third-order valence-corrected chi connectivity index (χ3v) is 6.24. The Balaban J connectivity index is 1.56. The van der Waals surface area contributed by atoms with Crippen molar-refractivity contribution < 1.29 is 27.4 Å². The second-order valence-electron chi connectivity index (χ2n) is 7.99. The third kappa shape index (κ3) is 5.75. The van der Waals surface area contributed by atoms with Gasteiger partial charge in [-0.25, -0.2) is 15.0 Å². The molecule has 6 nitrogen and oxygen atoms in total. The number of hydrogen-bond acceptors (Lipinski definition) is 7. The number of ether oxygens (including phenoxy) is 2. The number of nitrogens with zero attached hydrogens (tertiary/aromatic N) is 3. The van der Waals surface area contributed by atoms with Gasteiger partial charge in [0.1, 0.15) is 16.9 Å². The Morgan fingerprint density at radius 2 is 1.97 bits per heavy atom. The van der Waals surface area contributed by atoms with Crippen LogP contribution in [0.4, 0.5) is 13.2 Å². The first-order valence-corrected chi connectivity index (χ1v) is 11.3. The van der Waals surface area contributed by atoms with Crippen molar-refractivity contribution in [2.24, 2.45) is 0 Å². The standard InChI is InChI=1S/C23H22F3N3O3S/c1-13(17-10-28-22(29-11-17)23(24,25)26)5-20(30)15-6-16(21-27-9-14(2)33-21)8-19(7-15)32-18-3-4-31-12-18/h6-11,13,18H,3-5,12H2,1-2H3/t13-,18+/m0/s1. The smallest absolute Gasteiger partial charge is 0.451 e. The minimum absolute atomic E-state index is 0.0792. The van der Waals surface area contributed by atoms with E-state index in [4.69, 9.17) is 9.47 Å². The molecule has 1 fully saturated rings. The van der Waals surface area contributed by atoms with Gasteiger partial charge < -0.3 is 9.47 Å². The number of halogens is 3. The molecular formula is C23H22F3N3O3S. The Bertz CT molecular complexity index is 1130. The monoisotopic (exact) mass is 477 g/mol. The number of rotatable bonds is 7. The molecule has 1 aliphatic rings. The van der Waals surface area contributed by atoms with Gasteiger partial charge in [-0.05, 0) is 36.6 Å². The Morgan fingerprint density at radius 3 is 2.58 bits per heavy atom. The summed E-state index contributed by atoms with van der Waals surface area (Å²) in [6.07, 6.45) is 0.188. The number of alkyl halides is 3. The molecule has 3 heterocycles. The van der Waals surface area contributed by atoms with Gasteiger partial charge >= 0.3 is 6.18 Å². The van der Waals surface area contributed by atoms with Crippen LogP contribution in [0.1, 0.15) is 52.3 Å². The molecule has 1 aliphatic heterocycles. The van der Waals surface area contributed by atoms with Crippen molar-refractivity contribution in [3.8, 4) is 16.3 Å².